The van der Waals surface area contributed by atoms with Gasteiger partial charge in [0.2, 0.25) is 0 Å². The van der Waals surface area contributed by atoms with Crippen molar-refractivity contribution in [1.82, 2.24) is 0 Å². The van der Waals surface area contributed by atoms with Gasteiger partial charge in [-0.15, -0.1) is 0 Å². The van der Waals surface area contributed by atoms with Crippen molar-refractivity contribution in [2.75, 3.05) is 0 Å². The SMILES string of the molecule is O=C(O)c1ccc(F)cc1-c1c(Cl)cc(Cl)cc1Cl. The largest absolute Gasteiger partial charge is 0.478 e. The summed E-state index contributed by atoms with van der Waals surface area (Å²) < 4.78 is 13.3. The molecule has 19 heavy (non-hydrogen) atoms. The first-order chi connectivity index (χ1) is 8.90. The number of aromatic carboxylic acids is 1. The van der Waals surface area contributed by atoms with Crippen LogP contribution in [0.2, 0.25) is 15.1 Å². The fourth-order valence-electron chi connectivity index (χ4n) is 1.71. The maximum Gasteiger partial charge on any atom is 0.336 e. The normalized spacial score (nSPS) is 10.5. The molecule has 0 saturated carbocycles. The number of carbonyl (C=O) groups is 1. The summed E-state index contributed by atoms with van der Waals surface area (Å²) in [6, 6.07) is 6.13. The van der Waals surface area contributed by atoms with E-state index < -0.39 is 11.8 Å². The number of benzene rings is 2. The molecule has 0 aliphatic heterocycles. The van der Waals surface area contributed by atoms with Crippen LogP contribution in [0.3, 0.4) is 0 Å². The summed E-state index contributed by atoms with van der Waals surface area (Å²) in [4.78, 5) is 11.2. The van der Waals surface area contributed by atoms with E-state index in [1.54, 1.807) is 0 Å². The lowest BCUT2D eigenvalue weighted by Crippen LogP contribution is -2.00. The van der Waals surface area contributed by atoms with Crippen molar-refractivity contribution < 1.29 is 14.3 Å². The van der Waals surface area contributed by atoms with Gasteiger partial charge in [-0.1, -0.05) is 34.8 Å². The number of halogens is 4. The van der Waals surface area contributed by atoms with Crippen LogP contribution >= 0.6 is 34.8 Å². The fraction of sp³-hybridized carbons (Fsp3) is 0. The molecule has 0 bridgehead atoms. The van der Waals surface area contributed by atoms with Crippen molar-refractivity contribution >= 4 is 40.8 Å². The minimum atomic E-state index is -1.20. The van der Waals surface area contributed by atoms with Gasteiger partial charge in [0.25, 0.3) is 0 Å². The Morgan fingerprint density at radius 1 is 1.05 bits per heavy atom. The topological polar surface area (TPSA) is 37.3 Å². The molecule has 2 rings (SSSR count). The molecule has 98 valence electrons. The Morgan fingerprint density at radius 2 is 1.63 bits per heavy atom. The second-order valence-electron chi connectivity index (χ2n) is 3.74. The van der Waals surface area contributed by atoms with E-state index in [9.17, 15) is 9.18 Å². The third kappa shape index (κ3) is 2.84. The summed E-state index contributed by atoms with van der Waals surface area (Å²) in [7, 11) is 0. The molecule has 0 aliphatic rings. The maximum atomic E-state index is 13.3. The molecule has 0 amide bonds. The highest BCUT2D eigenvalue weighted by Gasteiger charge is 2.18. The molecule has 0 aromatic heterocycles. The zero-order valence-electron chi connectivity index (χ0n) is 9.25. The van der Waals surface area contributed by atoms with Gasteiger partial charge in [0.15, 0.2) is 0 Å². The van der Waals surface area contributed by atoms with E-state index in [1.807, 2.05) is 0 Å². The van der Waals surface area contributed by atoms with Gasteiger partial charge in [0.05, 0.1) is 15.6 Å². The standard InChI is InChI=1S/C13H6Cl3FO2/c14-6-3-10(15)12(11(16)4-6)9-5-7(17)1-2-8(9)13(18)19/h1-5H,(H,18,19). The molecule has 0 aliphatic carbocycles. The summed E-state index contributed by atoms with van der Waals surface area (Å²) >= 11 is 17.8. The highest BCUT2D eigenvalue weighted by molar-refractivity contribution is 6.42. The molecule has 2 aromatic carbocycles. The second kappa shape index (κ2) is 5.37. The van der Waals surface area contributed by atoms with E-state index in [1.165, 1.54) is 12.1 Å². The van der Waals surface area contributed by atoms with E-state index in [4.69, 9.17) is 39.9 Å². The molecule has 0 unspecified atom stereocenters. The Bertz CT molecular complexity index is 648. The van der Waals surface area contributed by atoms with Crippen molar-refractivity contribution in [1.29, 1.82) is 0 Å². The monoisotopic (exact) mass is 318 g/mol. The fourth-order valence-corrected chi connectivity index (χ4v) is 2.73. The van der Waals surface area contributed by atoms with Crippen LogP contribution < -0.4 is 0 Å². The third-order valence-electron chi connectivity index (χ3n) is 2.49. The molecule has 0 atom stereocenters. The van der Waals surface area contributed by atoms with Gasteiger partial charge in [-0.3, -0.25) is 0 Å². The van der Waals surface area contributed by atoms with Crippen LogP contribution in [0.4, 0.5) is 4.39 Å². The Balaban J connectivity index is 2.78. The molecular weight excluding hydrogens is 313 g/mol. The van der Waals surface area contributed by atoms with Crippen LogP contribution in [-0.2, 0) is 0 Å². The van der Waals surface area contributed by atoms with Gasteiger partial charge in [0, 0.05) is 16.1 Å². The Hall–Kier alpha value is -1.29. The van der Waals surface area contributed by atoms with E-state index in [0.717, 1.165) is 18.2 Å². The number of carboxylic acid groups (broad SMARTS) is 1. The lowest BCUT2D eigenvalue weighted by atomic mass is 9.99. The van der Waals surface area contributed by atoms with E-state index in [-0.39, 0.29) is 26.7 Å². The van der Waals surface area contributed by atoms with Crippen molar-refractivity contribution in [3.05, 3.63) is 56.8 Å². The molecule has 6 heteroatoms. The van der Waals surface area contributed by atoms with E-state index in [2.05, 4.69) is 0 Å². The Morgan fingerprint density at radius 3 is 2.16 bits per heavy atom. The highest BCUT2D eigenvalue weighted by atomic mass is 35.5. The van der Waals surface area contributed by atoms with Crippen molar-refractivity contribution in [2.45, 2.75) is 0 Å². The first kappa shape index (κ1) is 14.1. The summed E-state index contributed by atoms with van der Waals surface area (Å²) in [6.07, 6.45) is 0. The number of carboxylic acids is 1. The van der Waals surface area contributed by atoms with Crippen LogP contribution in [0.5, 0.6) is 0 Å². The summed E-state index contributed by atoms with van der Waals surface area (Å²) in [5.74, 6) is -1.78. The van der Waals surface area contributed by atoms with Crippen LogP contribution in [0.25, 0.3) is 11.1 Å². The van der Waals surface area contributed by atoms with E-state index in [0.29, 0.717) is 5.02 Å². The lowest BCUT2D eigenvalue weighted by molar-refractivity contribution is 0.0697. The summed E-state index contributed by atoms with van der Waals surface area (Å²) in [5, 5.41) is 9.75. The quantitative estimate of drug-likeness (QED) is 0.831. The van der Waals surface area contributed by atoms with Crippen LogP contribution in [0.1, 0.15) is 10.4 Å². The number of hydrogen-bond acceptors (Lipinski definition) is 1. The Kier molecular flexibility index (Phi) is 3.99. The molecule has 2 aromatic rings. The predicted molar refractivity (Wildman–Crippen MR) is 73.8 cm³/mol. The molecule has 0 radical (unpaired) electrons. The molecule has 0 heterocycles. The third-order valence-corrected chi connectivity index (χ3v) is 3.30. The minimum absolute atomic E-state index is 0.0903. The molecule has 2 nitrogen and oxygen atoms in total. The molecule has 0 spiro atoms. The van der Waals surface area contributed by atoms with Gasteiger partial charge >= 0.3 is 5.97 Å². The van der Waals surface area contributed by atoms with Crippen molar-refractivity contribution in [2.24, 2.45) is 0 Å². The van der Waals surface area contributed by atoms with E-state index >= 15 is 0 Å². The smallest absolute Gasteiger partial charge is 0.336 e. The summed E-state index contributed by atoms with van der Waals surface area (Å²) in [5.41, 5.74) is 0.260. The second-order valence-corrected chi connectivity index (χ2v) is 4.99. The minimum Gasteiger partial charge on any atom is -0.478 e. The van der Waals surface area contributed by atoms with Crippen LogP contribution in [0, 0.1) is 5.82 Å². The van der Waals surface area contributed by atoms with Gasteiger partial charge in [-0.2, -0.15) is 0 Å². The van der Waals surface area contributed by atoms with Crippen molar-refractivity contribution in [3.8, 4) is 11.1 Å². The number of rotatable bonds is 2. The van der Waals surface area contributed by atoms with Gasteiger partial charge < -0.3 is 5.11 Å². The maximum absolute atomic E-state index is 13.3. The summed E-state index contributed by atoms with van der Waals surface area (Å²) in [6.45, 7) is 0. The molecular formula is C13H6Cl3FO2. The van der Waals surface area contributed by atoms with Gasteiger partial charge in [0.1, 0.15) is 5.82 Å². The highest BCUT2D eigenvalue weighted by Crippen LogP contribution is 2.39. The van der Waals surface area contributed by atoms with Crippen molar-refractivity contribution in [3.63, 3.8) is 0 Å². The van der Waals surface area contributed by atoms with Gasteiger partial charge in [-0.25, -0.2) is 9.18 Å². The van der Waals surface area contributed by atoms with Gasteiger partial charge in [-0.05, 0) is 30.3 Å². The molecule has 0 fully saturated rings. The average Bonchev–Trinajstić information content (AvgIpc) is 2.27. The first-order valence-corrected chi connectivity index (χ1v) is 6.21. The molecule has 1 N–H and O–H groups in total. The Labute approximate surface area is 123 Å². The first-order valence-electron chi connectivity index (χ1n) is 5.08. The average molecular weight is 320 g/mol. The lowest BCUT2D eigenvalue weighted by Gasteiger charge is -2.11. The van der Waals surface area contributed by atoms with Crippen LogP contribution in [-0.4, -0.2) is 11.1 Å². The molecule has 0 saturated heterocycles. The predicted octanol–water partition coefficient (Wildman–Crippen LogP) is 5.15. The zero-order chi connectivity index (χ0) is 14.2. The van der Waals surface area contributed by atoms with Crippen LogP contribution in [0.15, 0.2) is 30.3 Å². The zero-order valence-corrected chi connectivity index (χ0v) is 11.5. The number of hydrogen-bond donors (Lipinski definition) is 1.